The minimum atomic E-state index is -0.399. The molecule has 0 radical (unpaired) electrons. The average Bonchev–Trinajstić information content (AvgIpc) is 2.73. The van der Waals surface area contributed by atoms with E-state index in [1.165, 1.54) is 0 Å². The molecule has 2 N–H and O–H groups in total. The van der Waals surface area contributed by atoms with E-state index < -0.39 is 5.91 Å². The minimum Gasteiger partial charge on any atom is -0.381 e. The molecule has 19 heavy (non-hydrogen) atoms. The number of nitrogens with zero attached hydrogens (tertiary/aromatic N) is 3. The van der Waals surface area contributed by atoms with Gasteiger partial charge < -0.3 is 10.5 Å². The van der Waals surface area contributed by atoms with Gasteiger partial charge in [0.2, 0.25) is 5.91 Å². The Bertz CT molecular complexity index is 456. The lowest BCUT2D eigenvalue weighted by atomic mass is 9.98. The lowest BCUT2D eigenvalue weighted by Gasteiger charge is -2.27. The van der Waals surface area contributed by atoms with Crippen molar-refractivity contribution in [1.29, 1.82) is 0 Å². The van der Waals surface area contributed by atoms with Crippen LogP contribution in [0, 0.1) is 0 Å². The van der Waals surface area contributed by atoms with Crippen molar-refractivity contribution in [1.82, 2.24) is 14.8 Å². The SMILES string of the molecule is CC(C)(C)n1nc(CC(N)=O)nc1C1CCOCC1. The van der Waals surface area contributed by atoms with Crippen molar-refractivity contribution in [3.05, 3.63) is 11.6 Å². The Kier molecular flexibility index (Phi) is 3.89. The van der Waals surface area contributed by atoms with E-state index in [2.05, 4.69) is 30.9 Å². The van der Waals surface area contributed by atoms with Gasteiger partial charge in [-0.2, -0.15) is 5.10 Å². The Labute approximate surface area is 113 Å². The van der Waals surface area contributed by atoms with Crippen LogP contribution in [0.2, 0.25) is 0 Å². The van der Waals surface area contributed by atoms with E-state index in [0.29, 0.717) is 11.7 Å². The summed E-state index contributed by atoms with van der Waals surface area (Å²) in [5.41, 5.74) is 5.07. The number of carbonyl (C=O) groups is 1. The molecule has 6 nitrogen and oxygen atoms in total. The number of rotatable bonds is 3. The molecule has 0 unspecified atom stereocenters. The van der Waals surface area contributed by atoms with Crippen molar-refractivity contribution in [3.8, 4) is 0 Å². The Morgan fingerprint density at radius 2 is 2.05 bits per heavy atom. The van der Waals surface area contributed by atoms with Crippen molar-refractivity contribution >= 4 is 5.91 Å². The number of hydrogen-bond donors (Lipinski definition) is 1. The van der Waals surface area contributed by atoms with Crippen LogP contribution in [0.4, 0.5) is 0 Å². The van der Waals surface area contributed by atoms with E-state index in [-0.39, 0.29) is 12.0 Å². The highest BCUT2D eigenvalue weighted by Gasteiger charge is 2.28. The van der Waals surface area contributed by atoms with Crippen molar-refractivity contribution < 1.29 is 9.53 Å². The minimum absolute atomic E-state index is 0.0965. The van der Waals surface area contributed by atoms with Crippen LogP contribution in [-0.4, -0.2) is 33.9 Å². The summed E-state index contributed by atoms with van der Waals surface area (Å²) in [6, 6.07) is 0. The normalized spacial score (nSPS) is 17.6. The number of primary amides is 1. The summed E-state index contributed by atoms with van der Waals surface area (Å²) < 4.78 is 7.32. The van der Waals surface area contributed by atoms with Gasteiger partial charge in [-0.25, -0.2) is 9.67 Å². The molecule has 2 rings (SSSR count). The predicted molar refractivity (Wildman–Crippen MR) is 70.7 cm³/mol. The number of nitrogens with two attached hydrogens (primary N) is 1. The highest BCUT2D eigenvalue weighted by molar-refractivity contribution is 5.75. The second-order valence-electron chi connectivity index (χ2n) is 6.00. The topological polar surface area (TPSA) is 83.0 Å². The second-order valence-corrected chi connectivity index (χ2v) is 6.00. The fourth-order valence-electron chi connectivity index (χ4n) is 2.31. The standard InChI is InChI=1S/C13H22N4O2/c1-13(2,3)17-12(9-4-6-19-7-5-9)15-11(16-17)8-10(14)18/h9H,4-8H2,1-3H3,(H2,14,18). The predicted octanol–water partition coefficient (Wildman–Crippen LogP) is 0.955. The Balaban J connectivity index is 2.33. The molecule has 0 aromatic carbocycles. The van der Waals surface area contributed by atoms with E-state index in [1.54, 1.807) is 0 Å². The van der Waals surface area contributed by atoms with Crippen molar-refractivity contribution in [3.63, 3.8) is 0 Å². The fourth-order valence-corrected chi connectivity index (χ4v) is 2.31. The third-order valence-electron chi connectivity index (χ3n) is 3.23. The molecule has 6 heteroatoms. The van der Waals surface area contributed by atoms with Gasteiger partial charge in [0, 0.05) is 19.1 Å². The van der Waals surface area contributed by atoms with Gasteiger partial charge >= 0.3 is 0 Å². The van der Waals surface area contributed by atoms with E-state index in [0.717, 1.165) is 31.9 Å². The number of amides is 1. The zero-order valence-corrected chi connectivity index (χ0v) is 11.8. The van der Waals surface area contributed by atoms with Crippen molar-refractivity contribution in [2.75, 3.05) is 13.2 Å². The van der Waals surface area contributed by atoms with Gasteiger partial charge in [0.05, 0.1) is 12.0 Å². The molecule has 1 aromatic heterocycles. The molecule has 1 aliphatic rings. The first-order chi connectivity index (χ1) is 8.88. The fraction of sp³-hybridized carbons (Fsp3) is 0.769. The molecule has 106 valence electrons. The van der Waals surface area contributed by atoms with Crippen LogP contribution < -0.4 is 5.73 Å². The summed E-state index contributed by atoms with van der Waals surface area (Å²) in [7, 11) is 0. The smallest absolute Gasteiger partial charge is 0.225 e. The Hall–Kier alpha value is -1.43. The molecule has 1 fully saturated rings. The van der Waals surface area contributed by atoms with Crippen LogP contribution in [0.3, 0.4) is 0 Å². The molecule has 0 spiro atoms. The summed E-state index contributed by atoms with van der Waals surface area (Å²) in [5.74, 6) is 1.42. The molecule has 0 saturated carbocycles. The third-order valence-corrected chi connectivity index (χ3v) is 3.23. The molecule has 0 bridgehead atoms. The van der Waals surface area contributed by atoms with Crippen LogP contribution in [-0.2, 0) is 21.5 Å². The van der Waals surface area contributed by atoms with Gasteiger partial charge in [-0.05, 0) is 33.6 Å². The number of carbonyl (C=O) groups excluding carboxylic acids is 1. The molecule has 0 atom stereocenters. The summed E-state index contributed by atoms with van der Waals surface area (Å²) in [6.07, 6.45) is 1.99. The van der Waals surface area contributed by atoms with Crippen molar-refractivity contribution in [2.45, 2.75) is 51.5 Å². The quantitative estimate of drug-likeness (QED) is 0.883. The molecule has 1 aromatic rings. The second kappa shape index (κ2) is 5.28. The van der Waals surface area contributed by atoms with Gasteiger partial charge in [-0.15, -0.1) is 0 Å². The largest absolute Gasteiger partial charge is 0.381 e. The molecular formula is C13H22N4O2. The van der Waals surface area contributed by atoms with E-state index in [9.17, 15) is 4.79 Å². The summed E-state index contributed by atoms with van der Waals surface area (Å²) in [6.45, 7) is 7.76. The van der Waals surface area contributed by atoms with Crippen LogP contribution in [0.5, 0.6) is 0 Å². The Morgan fingerprint density at radius 1 is 1.42 bits per heavy atom. The maximum atomic E-state index is 11.0. The zero-order valence-electron chi connectivity index (χ0n) is 11.8. The van der Waals surface area contributed by atoms with Gasteiger partial charge in [-0.3, -0.25) is 4.79 Å². The van der Waals surface area contributed by atoms with Crippen LogP contribution in [0.15, 0.2) is 0 Å². The van der Waals surface area contributed by atoms with E-state index in [4.69, 9.17) is 10.5 Å². The highest BCUT2D eigenvalue weighted by Crippen LogP contribution is 2.28. The lowest BCUT2D eigenvalue weighted by Crippen LogP contribution is -2.28. The molecule has 1 saturated heterocycles. The average molecular weight is 266 g/mol. The lowest BCUT2D eigenvalue weighted by molar-refractivity contribution is -0.117. The van der Waals surface area contributed by atoms with Crippen molar-refractivity contribution in [2.24, 2.45) is 5.73 Å². The number of aromatic nitrogens is 3. The number of ether oxygens (including phenoxy) is 1. The molecular weight excluding hydrogens is 244 g/mol. The molecule has 1 amide bonds. The number of hydrogen-bond acceptors (Lipinski definition) is 4. The molecule has 2 heterocycles. The first-order valence-corrected chi connectivity index (χ1v) is 6.70. The maximum absolute atomic E-state index is 11.0. The first kappa shape index (κ1) is 14.0. The zero-order chi connectivity index (χ0) is 14.0. The third kappa shape index (κ3) is 3.32. The van der Waals surface area contributed by atoms with Gasteiger partial charge in [0.1, 0.15) is 5.82 Å². The summed E-state index contributed by atoms with van der Waals surface area (Å²) in [4.78, 5) is 15.6. The highest BCUT2D eigenvalue weighted by atomic mass is 16.5. The Morgan fingerprint density at radius 3 is 2.58 bits per heavy atom. The van der Waals surface area contributed by atoms with Crippen LogP contribution in [0.1, 0.15) is 51.2 Å². The van der Waals surface area contributed by atoms with E-state index in [1.807, 2.05) is 4.68 Å². The maximum Gasteiger partial charge on any atom is 0.225 e. The van der Waals surface area contributed by atoms with Crippen LogP contribution >= 0.6 is 0 Å². The van der Waals surface area contributed by atoms with E-state index >= 15 is 0 Å². The monoisotopic (exact) mass is 266 g/mol. The van der Waals surface area contributed by atoms with Gasteiger partial charge in [0.25, 0.3) is 0 Å². The summed E-state index contributed by atoms with van der Waals surface area (Å²) in [5, 5.41) is 4.46. The first-order valence-electron chi connectivity index (χ1n) is 6.70. The summed E-state index contributed by atoms with van der Waals surface area (Å²) >= 11 is 0. The van der Waals surface area contributed by atoms with Crippen LogP contribution in [0.25, 0.3) is 0 Å². The molecule has 0 aliphatic carbocycles. The molecule has 1 aliphatic heterocycles. The van der Waals surface area contributed by atoms with Gasteiger partial charge in [0.15, 0.2) is 5.82 Å². The van der Waals surface area contributed by atoms with Gasteiger partial charge in [-0.1, -0.05) is 0 Å².